The Morgan fingerprint density at radius 3 is 2.60 bits per heavy atom. The van der Waals surface area contributed by atoms with Crippen molar-refractivity contribution in [3.05, 3.63) is 28.2 Å². The van der Waals surface area contributed by atoms with Gasteiger partial charge in [-0.15, -0.1) is 0 Å². The molecule has 1 aliphatic heterocycles. The van der Waals surface area contributed by atoms with Crippen LogP contribution in [-0.4, -0.2) is 36.4 Å². The fourth-order valence-corrected chi connectivity index (χ4v) is 4.13. The summed E-state index contributed by atoms with van der Waals surface area (Å²) < 4.78 is 52.2. The van der Waals surface area contributed by atoms with Crippen molar-refractivity contribution >= 4 is 31.9 Å². The van der Waals surface area contributed by atoms with Gasteiger partial charge in [-0.1, -0.05) is 0 Å². The molecule has 1 fully saturated rings. The Labute approximate surface area is 122 Å². The molecular weight excluding hydrogens is 360 g/mol. The number of hydrogen-bond donors (Lipinski definition) is 1. The summed E-state index contributed by atoms with van der Waals surface area (Å²) in [4.78, 5) is 10.2. The number of nitrogens with zero attached hydrogens (tertiary/aromatic N) is 1. The lowest BCUT2D eigenvalue weighted by Gasteiger charge is -2.21. The van der Waals surface area contributed by atoms with Gasteiger partial charge in [-0.3, -0.25) is 4.79 Å². The van der Waals surface area contributed by atoms with E-state index in [0.29, 0.717) is 22.9 Å². The lowest BCUT2D eigenvalue weighted by Crippen LogP contribution is -2.40. The lowest BCUT2D eigenvalue weighted by molar-refractivity contribution is -0.140. The van der Waals surface area contributed by atoms with E-state index in [-0.39, 0.29) is 17.4 Å². The number of aliphatic carboxylic acids is 1. The molecule has 0 spiro atoms. The average molecular weight is 370 g/mol. The zero-order valence-corrected chi connectivity index (χ0v) is 12.4. The standard InChI is InChI=1S/C11H10BrF2NO4S/c12-6-4-8(14)10(5-7(6)13)20(18,19)15-3-1-2-9(15)11(16)17/h4-5,9H,1-3H2,(H,16,17)/t9-/m0/s1. The number of sulfonamides is 1. The summed E-state index contributed by atoms with van der Waals surface area (Å²) in [6.45, 7) is -0.0313. The maximum absolute atomic E-state index is 13.8. The van der Waals surface area contributed by atoms with Gasteiger partial charge in [0.25, 0.3) is 0 Å². The van der Waals surface area contributed by atoms with Crippen LogP contribution >= 0.6 is 15.9 Å². The van der Waals surface area contributed by atoms with Crippen molar-refractivity contribution in [1.82, 2.24) is 4.31 Å². The minimum Gasteiger partial charge on any atom is -0.480 e. The number of benzene rings is 1. The molecule has 1 N–H and O–H groups in total. The highest BCUT2D eigenvalue weighted by molar-refractivity contribution is 9.10. The summed E-state index contributed by atoms with van der Waals surface area (Å²) in [7, 11) is -4.39. The van der Waals surface area contributed by atoms with Gasteiger partial charge in [0.1, 0.15) is 22.6 Å². The van der Waals surface area contributed by atoms with Gasteiger partial charge in [-0.05, 0) is 40.9 Å². The first-order valence-electron chi connectivity index (χ1n) is 5.64. The SMILES string of the molecule is O=C(O)[C@@H]1CCCN1S(=O)(=O)c1cc(F)c(Br)cc1F. The van der Waals surface area contributed by atoms with Crippen LogP contribution in [0.1, 0.15) is 12.8 Å². The quantitative estimate of drug-likeness (QED) is 0.826. The van der Waals surface area contributed by atoms with Crippen molar-refractivity contribution in [2.24, 2.45) is 0 Å². The normalized spacial score (nSPS) is 20.2. The molecule has 110 valence electrons. The van der Waals surface area contributed by atoms with E-state index in [1.807, 2.05) is 0 Å². The van der Waals surface area contributed by atoms with Gasteiger partial charge in [0, 0.05) is 6.54 Å². The molecule has 0 aliphatic carbocycles. The Bertz CT molecular complexity index is 665. The fraction of sp³-hybridized carbons (Fsp3) is 0.364. The van der Waals surface area contributed by atoms with Crippen LogP contribution in [0, 0.1) is 11.6 Å². The van der Waals surface area contributed by atoms with Crippen LogP contribution in [0.3, 0.4) is 0 Å². The second kappa shape index (κ2) is 5.38. The third-order valence-electron chi connectivity index (χ3n) is 3.05. The van der Waals surface area contributed by atoms with Gasteiger partial charge in [-0.2, -0.15) is 4.31 Å². The summed E-state index contributed by atoms with van der Waals surface area (Å²) in [6.07, 6.45) is 0.506. The summed E-state index contributed by atoms with van der Waals surface area (Å²) in [6, 6.07) is 0.00570. The largest absolute Gasteiger partial charge is 0.480 e. The van der Waals surface area contributed by atoms with Gasteiger partial charge in [0.05, 0.1) is 4.47 Å². The Morgan fingerprint density at radius 2 is 2.00 bits per heavy atom. The molecule has 1 heterocycles. The molecule has 0 radical (unpaired) electrons. The first-order chi connectivity index (χ1) is 9.25. The average Bonchev–Trinajstić information content (AvgIpc) is 2.83. The monoisotopic (exact) mass is 369 g/mol. The fourth-order valence-electron chi connectivity index (χ4n) is 2.10. The highest BCUT2D eigenvalue weighted by Gasteiger charge is 2.40. The predicted molar refractivity (Wildman–Crippen MR) is 68.6 cm³/mol. The molecule has 2 rings (SSSR count). The molecule has 0 saturated carbocycles. The van der Waals surface area contributed by atoms with Crippen LogP contribution < -0.4 is 0 Å². The molecule has 1 atom stereocenters. The molecule has 0 bridgehead atoms. The maximum atomic E-state index is 13.8. The van der Waals surface area contributed by atoms with Crippen LogP contribution in [0.25, 0.3) is 0 Å². The molecule has 0 amide bonds. The van der Waals surface area contributed by atoms with Crippen molar-refractivity contribution in [1.29, 1.82) is 0 Å². The second-order valence-corrected chi connectivity index (χ2v) is 7.02. The Kier molecular flexibility index (Phi) is 4.12. The van der Waals surface area contributed by atoms with Crippen molar-refractivity contribution in [3.8, 4) is 0 Å². The van der Waals surface area contributed by atoms with Gasteiger partial charge in [-0.25, -0.2) is 17.2 Å². The van der Waals surface area contributed by atoms with Crippen LogP contribution in [0.15, 0.2) is 21.5 Å². The first kappa shape index (κ1) is 15.3. The van der Waals surface area contributed by atoms with Crippen LogP contribution in [0.2, 0.25) is 0 Å². The van der Waals surface area contributed by atoms with E-state index < -0.39 is 38.6 Å². The van der Waals surface area contributed by atoms with Crippen LogP contribution in [0.5, 0.6) is 0 Å². The zero-order valence-electron chi connectivity index (χ0n) is 10.0. The molecule has 0 aromatic heterocycles. The van der Waals surface area contributed by atoms with Crippen molar-refractivity contribution in [3.63, 3.8) is 0 Å². The predicted octanol–water partition coefficient (Wildman–Crippen LogP) is 1.96. The summed E-state index contributed by atoms with van der Waals surface area (Å²) in [5, 5.41) is 8.98. The molecule has 9 heteroatoms. The van der Waals surface area contributed by atoms with Gasteiger partial charge >= 0.3 is 5.97 Å². The van der Waals surface area contributed by atoms with Crippen molar-refractivity contribution in [2.75, 3.05) is 6.54 Å². The minimum atomic E-state index is -4.39. The molecule has 20 heavy (non-hydrogen) atoms. The molecule has 1 aromatic rings. The third kappa shape index (κ3) is 2.57. The molecule has 1 aromatic carbocycles. The Balaban J connectivity index is 2.50. The number of carboxylic acids is 1. The summed E-state index contributed by atoms with van der Waals surface area (Å²) >= 11 is 2.75. The van der Waals surface area contributed by atoms with E-state index in [2.05, 4.69) is 15.9 Å². The van der Waals surface area contributed by atoms with E-state index in [1.165, 1.54) is 0 Å². The number of rotatable bonds is 3. The van der Waals surface area contributed by atoms with Gasteiger partial charge in [0.2, 0.25) is 10.0 Å². The topological polar surface area (TPSA) is 74.7 Å². The second-order valence-electron chi connectivity index (χ2n) is 4.31. The maximum Gasteiger partial charge on any atom is 0.322 e. The number of halogens is 3. The molecule has 5 nitrogen and oxygen atoms in total. The lowest BCUT2D eigenvalue weighted by atomic mass is 10.2. The summed E-state index contributed by atoms with van der Waals surface area (Å²) in [5.74, 6) is -3.37. The first-order valence-corrected chi connectivity index (χ1v) is 7.87. The summed E-state index contributed by atoms with van der Waals surface area (Å²) in [5.41, 5.74) is 0. The molecule has 1 aliphatic rings. The third-order valence-corrected chi connectivity index (χ3v) is 5.58. The van der Waals surface area contributed by atoms with E-state index in [1.54, 1.807) is 0 Å². The van der Waals surface area contributed by atoms with E-state index in [4.69, 9.17) is 5.11 Å². The van der Waals surface area contributed by atoms with E-state index in [9.17, 15) is 22.0 Å². The van der Waals surface area contributed by atoms with E-state index in [0.717, 1.165) is 0 Å². The van der Waals surface area contributed by atoms with Gasteiger partial charge in [0.15, 0.2) is 0 Å². The Hall–Kier alpha value is -1.06. The molecule has 0 unspecified atom stereocenters. The molecular formula is C11H10BrF2NO4S. The van der Waals surface area contributed by atoms with Crippen LogP contribution in [0.4, 0.5) is 8.78 Å². The van der Waals surface area contributed by atoms with Crippen LogP contribution in [-0.2, 0) is 14.8 Å². The number of carbonyl (C=O) groups is 1. The van der Waals surface area contributed by atoms with E-state index >= 15 is 0 Å². The smallest absolute Gasteiger partial charge is 0.322 e. The highest BCUT2D eigenvalue weighted by atomic mass is 79.9. The van der Waals surface area contributed by atoms with Gasteiger partial charge < -0.3 is 5.11 Å². The molecule has 1 saturated heterocycles. The zero-order chi connectivity index (χ0) is 15.1. The Morgan fingerprint density at radius 1 is 1.35 bits per heavy atom. The number of hydrogen-bond acceptors (Lipinski definition) is 3. The highest BCUT2D eigenvalue weighted by Crippen LogP contribution is 2.30. The van der Waals surface area contributed by atoms with Crippen molar-refractivity contribution < 1.29 is 27.1 Å². The van der Waals surface area contributed by atoms with Crippen molar-refractivity contribution in [2.45, 2.75) is 23.8 Å². The minimum absolute atomic E-state index is 0.0313. The number of carboxylic acid groups (broad SMARTS) is 1.